The minimum absolute atomic E-state index is 0.157. The van der Waals surface area contributed by atoms with Gasteiger partial charge in [-0.3, -0.25) is 4.79 Å². The summed E-state index contributed by atoms with van der Waals surface area (Å²) in [5.74, 6) is -1.19. The molecule has 0 heterocycles. The lowest BCUT2D eigenvalue weighted by molar-refractivity contribution is -0.174. The summed E-state index contributed by atoms with van der Waals surface area (Å²) < 4.78 is 44.4. The molecule has 0 saturated heterocycles. The Morgan fingerprint density at radius 1 is 1.24 bits per heavy atom. The average Bonchev–Trinajstić information content (AvgIpc) is 2.42. The molecule has 0 spiro atoms. The number of rotatable bonds is 6. The van der Waals surface area contributed by atoms with Gasteiger partial charge in [-0.15, -0.1) is 0 Å². The van der Waals surface area contributed by atoms with Gasteiger partial charge in [0.05, 0.1) is 31.4 Å². The molecule has 0 aliphatic rings. The summed E-state index contributed by atoms with van der Waals surface area (Å²) in [5, 5.41) is 2.42. The van der Waals surface area contributed by atoms with Crippen LogP contribution in [-0.4, -0.2) is 38.4 Å². The van der Waals surface area contributed by atoms with Crippen LogP contribution in [0.4, 0.5) is 18.9 Å². The van der Waals surface area contributed by atoms with Crippen LogP contribution < -0.4 is 5.32 Å². The van der Waals surface area contributed by atoms with Gasteiger partial charge in [-0.2, -0.15) is 13.2 Å². The van der Waals surface area contributed by atoms with Crippen LogP contribution in [0.15, 0.2) is 24.3 Å². The lowest BCUT2D eigenvalue weighted by atomic mass is 10.1. The van der Waals surface area contributed by atoms with Crippen molar-refractivity contribution in [3.63, 3.8) is 0 Å². The van der Waals surface area contributed by atoms with Gasteiger partial charge in [0, 0.05) is 0 Å². The first kappa shape index (κ1) is 17.0. The second-order valence-corrected chi connectivity index (χ2v) is 4.00. The maximum atomic E-state index is 11.8. The fourth-order valence-electron chi connectivity index (χ4n) is 1.45. The zero-order valence-electron chi connectivity index (χ0n) is 11.2. The molecule has 0 saturated carbocycles. The van der Waals surface area contributed by atoms with Gasteiger partial charge in [-0.25, -0.2) is 4.79 Å². The molecule has 0 aliphatic heterocycles. The van der Waals surface area contributed by atoms with Crippen LogP contribution >= 0.6 is 0 Å². The minimum Gasteiger partial charge on any atom is -0.465 e. The number of para-hydroxylation sites is 1. The van der Waals surface area contributed by atoms with Crippen molar-refractivity contribution in [2.75, 3.05) is 25.6 Å². The minimum atomic E-state index is -4.42. The number of anilines is 1. The molecule has 0 atom stereocenters. The largest absolute Gasteiger partial charge is 0.465 e. The second-order valence-electron chi connectivity index (χ2n) is 4.00. The normalized spacial score (nSPS) is 11.0. The molecule has 0 aliphatic carbocycles. The third-order valence-electron chi connectivity index (χ3n) is 2.35. The van der Waals surface area contributed by atoms with Gasteiger partial charge in [0.25, 0.3) is 0 Å². The fraction of sp³-hybridized carbons (Fsp3) is 0.385. The molecule has 1 aromatic carbocycles. The van der Waals surface area contributed by atoms with Crippen molar-refractivity contribution in [2.24, 2.45) is 0 Å². The Morgan fingerprint density at radius 3 is 2.52 bits per heavy atom. The van der Waals surface area contributed by atoms with E-state index in [0.717, 1.165) is 0 Å². The molecule has 0 unspecified atom stereocenters. The highest BCUT2D eigenvalue weighted by molar-refractivity contribution is 6.01. The van der Waals surface area contributed by atoms with Crippen molar-refractivity contribution in [1.29, 1.82) is 0 Å². The number of nitrogens with one attached hydrogen (secondary N) is 1. The molecule has 1 amide bonds. The lowest BCUT2D eigenvalue weighted by Gasteiger charge is -2.10. The summed E-state index contributed by atoms with van der Waals surface area (Å²) >= 11 is 0. The maximum Gasteiger partial charge on any atom is 0.411 e. The topological polar surface area (TPSA) is 64.6 Å². The molecular weight excluding hydrogens is 291 g/mol. The Bertz CT molecular complexity index is 502. The van der Waals surface area contributed by atoms with Crippen LogP contribution in [0.25, 0.3) is 0 Å². The second kappa shape index (κ2) is 7.63. The molecule has 1 N–H and O–H groups in total. The van der Waals surface area contributed by atoms with Crippen molar-refractivity contribution < 1.29 is 32.2 Å². The molecule has 8 heteroatoms. The first-order valence-electron chi connectivity index (χ1n) is 5.95. The fourth-order valence-corrected chi connectivity index (χ4v) is 1.45. The van der Waals surface area contributed by atoms with E-state index in [1.165, 1.54) is 19.2 Å². The quantitative estimate of drug-likeness (QED) is 0.647. The predicted octanol–water partition coefficient (Wildman–Crippen LogP) is 2.38. The lowest BCUT2D eigenvalue weighted by Crippen LogP contribution is -2.20. The van der Waals surface area contributed by atoms with E-state index in [1.807, 2.05) is 0 Å². The highest BCUT2D eigenvalue weighted by Crippen LogP contribution is 2.17. The number of methoxy groups -OCH3 is 1. The maximum absolute atomic E-state index is 11.8. The van der Waals surface area contributed by atoms with E-state index in [-0.39, 0.29) is 24.3 Å². The van der Waals surface area contributed by atoms with Crippen molar-refractivity contribution in [2.45, 2.75) is 12.6 Å². The number of esters is 1. The summed E-state index contributed by atoms with van der Waals surface area (Å²) in [5.41, 5.74) is 0.384. The van der Waals surface area contributed by atoms with E-state index in [0.29, 0.717) is 0 Å². The number of benzene rings is 1. The molecule has 5 nitrogen and oxygen atoms in total. The van der Waals surface area contributed by atoms with Crippen LogP contribution in [0.5, 0.6) is 0 Å². The summed E-state index contributed by atoms with van der Waals surface area (Å²) in [6, 6.07) is 6.14. The molecule has 0 fully saturated rings. The van der Waals surface area contributed by atoms with Crippen LogP contribution in [0.2, 0.25) is 0 Å². The number of ether oxygens (including phenoxy) is 2. The summed E-state index contributed by atoms with van der Waals surface area (Å²) in [6.45, 7) is -1.77. The molecule has 0 bridgehead atoms. The summed E-state index contributed by atoms with van der Waals surface area (Å²) in [7, 11) is 1.20. The summed E-state index contributed by atoms with van der Waals surface area (Å²) in [4.78, 5) is 23.0. The van der Waals surface area contributed by atoms with Gasteiger partial charge in [-0.1, -0.05) is 12.1 Å². The Hall–Kier alpha value is -2.09. The number of hydrogen-bond acceptors (Lipinski definition) is 4. The van der Waals surface area contributed by atoms with Gasteiger partial charge in [0.1, 0.15) is 6.61 Å². The van der Waals surface area contributed by atoms with Gasteiger partial charge in [0.2, 0.25) is 5.91 Å². The van der Waals surface area contributed by atoms with E-state index >= 15 is 0 Å². The predicted molar refractivity (Wildman–Crippen MR) is 67.9 cm³/mol. The van der Waals surface area contributed by atoms with E-state index in [1.54, 1.807) is 12.1 Å². The van der Waals surface area contributed by atoms with Gasteiger partial charge < -0.3 is 14.8 Å². The Morgan fingerprint density at radius 2 is 1.90 bits per heavy atom. The van der Waals surface area contributed by atoms with E-state index in [4.69, 9.17) is 0 Å². The number of halogens is 3. The van der Waals surface area contributed by atoms with Crippen LogP contribution in [0.1, 0.15) is 16.8 Å². The van der Waals surface area contributed by atoms with E-state index in [9.17, 15) is 22.8 Å². The van der Waals surface area contributed by atoms with E-state index in [2.05, 4.69) is 14.8 Å². The number of alkyl halides is 3. The highest BCUT2D eigenvalue weighted by Gasteiger charge is 2.27. The Kier molecular flexibility index (Phi) is 6.16. The third kappa shape index (κ3) is 6.26. The summed E-state index contributed by atoms with van der Waals surface area (Å²) in [6.07, 6.45) is -4.68. The smallest absolute Gasteiger partial charge is 0.411 e. The standard InChI is InChI=1S/C13H14F3NO4/c1-20-12(19)9-4-2-3-5-10(9)17-11(18)6-7-21-8-13(14,15)16/h2-5H,6-8H2,1H3,(H,17,18). The molecule has 1 rings (SSSR count). The Labute approximate surface area is 119 Å². The number of hydrogen-bond donors (Lipinski definition) is 1. The molecule has 0 radical (unpaired) electrons. The number of carbonyl (C=O) groups excluding carboxylic acids is 2. The molecule has 21 heavy (non-hydrogen) atoms. The average molecular weight is 305 g/mol. The van der Waals surface area contributed by atoms with Crippen molar-refractivity contribution in [3.8, 4) is 0 Å². The first-order chi connectivity index (χ1) is 9.83. The molecule has 0 aromatic heterocycles. The van der Waals surface area contributed by atoms with Crippen LogP contribution in [0.3, 0.4) is 0 Å². The van der Waals surface area contributed by atoms with Crippen molar-refractivity contribution >= 4 is 17.6 Å². The van der Waals surface area contributed by atoms with Crippen molar-refractivity contribution in [3.05, 3.63) is 29.8 Å². The zero-order valence-corrected chi connectivity index (χ0v) is 11.2. The molecule has 1 aromatic rings. The van der Waals surface area contributed by atoms with Crippen molar-refractivity contribution in [1.82, 2.24) is 0 Å². The number of amides is 1. The van der Waals surface area contributed by atoms with Crippen LogP contribution in [0, 0.1) is 0 Å². The van der Waals surface area contributed by atoms with Gasteiger partial charge in [-0.05, 0) is 12.1 Å². The zero-order chi connectivity index (χ0) is 15.9. The highest BCUT2D eigenvalue weighted by atomic mass is 19.4. The monoisotopic (exact) mass is 305 g/mol. The van der Waals surface area contributed by atoms with Crippen LogP contribution in [-0.2, 0) is 14.3 Å². The van der Waals surface area contributed by atoms with Gasteiger partial charge in [0.15, 0.2) is 0 Å². The molecule has 116 valence electrons. The Balaban J connectivity index is 2.50. The third-order valence-corrected chi connectivity index (χ3v) is 2.35. The van der Waals surface area contributed by atoms with E-state index < -0.39 is 24.7 Å². The SMILES string of the molecule is COC(=O)c1ccccc1NC(=O)CCOCC(F)(F)F. The van der Waals surface area contributed by atoms with Gasteiger partial charge >= 0.3 is 12.1 Å². The first-order valence-corrected chi connectivity index (χ1v) is 5.95. The molecular formula is C13H14F3NO4. The number of carbonyl (C=O) groups is 2.